The van der Waals surface area contributed by atoms with Gasteiger partial charge in [-0.2, -0.15) is 0 Å². The summed E-state index contributed by atoms with van der Waals surface area (Å²) in [5, 5.41) is 5.96. The molecule has 0 atom stereocenters. The number of benzene rings is 1. The lowest BCUT2D eigenvalue weighted by Crippen LogP contribution is -2.33. The molecule has 1 rings (SSSR count). The number of nitrogens with two attached hydrogens (primary N) is 1. The van der Waals surface area contributed by atoms with Gasteiger partial charge in [0.05, 0.1) is 13.7 Å². The predicted octanol–water partition coefficient (Wildman–Crippen LogP) is 2.08. The monoisotopic (exact) mass is 332 g/mol. The molecule has 1 amide bonds. The molecule has 6 heteroatoms. The van der Waals surface area contributed by atoms with Crippen molar-refractivity contribution in [1.29, 1.82) is 0 Å². The van der Waals surface area contributed by atoms with Crippen molar-refractivity contribution >= 4 is 11.9 Å². The molecule has 0 aliphatic carbocycles. The third-order valence-corrected chi connectivity index (χ3v) is 3.31. The van der Waals surface area contributed by atoms with Crippen LogP contribution >= 0.6 is 0 Å². The molecule has 0 saturated carbocycles. The number of allylic oxidation sites excluding steroid dienone is 1. The molecule has 4 N–H and O–H groups in total. The van der Waals surface area contributed by atoms with Crippen molar-refractivity contribution < 1.29 is 9.53 Å². The number of aliphatic imine (C=N–C) groups is 1. The Labute approximate surface area is 144 Å². The van der Waals surface area contributed by atoms with Gasteiger partial charge in [0.15, 0.2) is 5.96 Å². The van der Waals surface area contributed by atoms with Gasteiger partial charge in [0.1, 0.15) is 5.75 Å². The number of nitrogens with one attached hydrogen (secondary N) is 2. The van der Waals surface area contributed by atoms with Crippen molar-refractivity contribution in [2.45, 2.75) is 26.7 Å². The second-order valence-electron chi connectivity index (χ2n) is 5.63. The number of hydrogen-bond donors (Lipinski definition) is 3. The van der Waals surface area contributed by atoms with E-state index in [0.29, 0.717) is 24.6 Å². The molecule has 1 aromatic carbocycles. The quantitative estimate of drug-likeness (QED) is 0.279. The molecule has 0 aliphatic heterocycles. The molecule has 24 heavy (non-hydrogen) atoms. The number of methoxy groups -OCH3 is 1. The summed E-state index contributed by atoms with van der Waals surface area (Å²) in [7, 11) is 1.60. The van der Waals surface area contributed by atoms with E-state index in [1.54, 1.807) is 31.4 Å². The Morgan fingerprint density at radius 2 is 1.79 bits per heavy atom. The Morgan fingerprint density at radius 1 is 1.17 bits per heavy atom. The molecule has 132 valence electrons. The summed E-state index contributed by atoms with van der Waals surface area (Å²) in [4.78, 5) is 16.1. The van der Waals surface area contributed by atoms with Crippen LogP contribution in [0.25, 0.3) is 0 Å². The molecule has 0 aliphatic rings. The van der Waals surface area contributed by atoms with Crippen LogP contribution in [0.1, 0.15) is 37.0 Å². The van der Waals surface area contributed by atoms with Crippen LogP contribution in [0.15, 0.2) is 40.9 Å². The van der Waals surface area contributed by atoms with Gasteiger partial charge in [0.2, 0.25) is 0 Å². The Hall–Kier alpha value is -2.50. The SMILES string of the molecule is COc1ccc(C(=O)NCCCCNC(N)=NCC=C(C)C)cc1. The number of carbonyl (C=O) groups is 1. The number of amides is 1. The molecule has 1 aromatic rings. The minimum Gasteiger partial charge on any atom is -0.497 e. The lowest BCUT2D eigenvalue weighted by atomic mass is 10.2. The summed E-state index contributed by atoms with van der Waals surface area (Å²) in [6.07, 6.45) is 3.79. The van der Waals surface area contributed by atoms with Crippen LogP contribution < -0.4 is 21.1 Å². The number of rotatable bonds is 9. The average Bonchev–Trinajstić information content (AvgIpc) is 2.57. The van der Waals surface area contributed by atoms with Crippen molar-refractivity contribution in [2.24, 2.45) is 10.7 Å². The summed E-state index contributed by atoms with van der Waals surface area (Å²) >= 11 is 0. The summed E-state index contributed by atoms with van der Waals surface area (Å²) < 4.78 is 5.07. The van der Waals surface area contributed by atoms with Gasteiger partial charge in [-0.15, -0.1) is 0 Å². The van der Waals surface area contributed by atoms with E-state index in [1.165, 1.54) is 5.57 Å². The van der Waals surface area contributed by atoms with Gasteiger partial charge in [0.25, 0.3) is 5.91 Å². The van der Waals surface area contributed by atoms with Crippen molar-refractivity contribution in [3.05, 3.63) is 41.5 Å². The smallest absolute Gasteiger partial charge is 0.251 e. The zero-order valence-corrected chi connectivity index (χ0v) is 14.8. The van der Waals surface area contributed by atoms with Gasteiger partial charge in [-0.25, -0.2) is 4.99 Å². The van der Waals surface area contributed by atoms with E-state index >= 15 is 0 Å². The zero-order chi connectivity index (χ0) is 17.8. The van der Waals surface area contributed by atoms with Crippen molar-refractivity contribution in [1.82, 2.24) is 10.6 Å². The fourth-order valence-corrected chi connectivity index (χ4v) is 1.90. The molecule has 0 aromatic heterocycles. The van der Waals surface area contributed by atoms with Crippen LogP contribution in [0.2, 0.25) is 0 Å². The van der Waals surface area contributed by atoms with Crippen LogP contribution in [0.4, 0.5) is 0 Å². The average molecular weight is 332 g/mol. The first-order chi connectivity index (χ1) is 11.5. The van der Waals surface area contributed by atoms with E-state index in [0.717, 1.165) is 25.1 Å². The van der Waals surface area contributed by atoms with Crippen LogP contribution in [0.3, 0.4) is 0 Å². The maximum Gasteiger partial charge on any atom is 0.251 e. The van der Waals surface area contributed by atoms with Gasteiger partial charge in [0, 0.05) is 18.7 Å². The number of hydrogen-bond acceptors (Lipinski definition) is 3. The summed E-state index contributed by atoms with van der Waals surface area (Å²) in [6, 6.07) is 7.05. The van der Waals surface area contributed by atoms with E-state index in [4.69, 9.17) is 10.5 Å². The number of unbranched alkanes of at least 4 members (excludes halogenated alkanes) is 1. The maximum atomic E-state index is 11.9. The van der Waals surface area contributed by atoms with E-state index in [9.17, 15) is 4.79 Å². The van der Waals surface area contributed by atoms with E-state index in [1.807, 2.05) is 19.9 Å². The molecular weight excluding hydrogens is 304 g/mol. The maximum absolute atomic E-state index is 11.9. The van der Waals surface area contributed by atoms with Gasteiger partial charge < -0.3 is 21.1 Å². The van der Waals surface area contributed by atoms with Crippen LogP contribution in [0, 0.1) is 0 Å². The Balaban J connectivity index is 2.15. The Bertz CT molecular complexity index is 561. The fraction of sp³-hybridized carbons (Fsp3) is 0.444. The topological polar surface area (TPSA) is 88.7 Å². The van der Waals surface area contributed by atoms with Crippen LogP contribution in [-0.2, 0) is 0 Å². The Kier molecular flexibility index (Phi) is 9.04. The van der Waals surface area contributed by atoms with Gasteiger partial charge >= 0.3 is 0 Å². The highest BCUT2D eigenvalue weighted by Gasteiger charge is 2.04. The number of ether oxygens (including phenoxy) is 1. The molecule has 0 heterocycles. The number of carbonyl (C=O) groups excluding carboxylic acids is 1. The lowest BCUT2D eigenvalue weighted by molar-refractivity contribution is 0.0953. The Morgan fingerprint density at radius 3 is 2.38 bits per heavy atom. The highest BCUT2D eigenvalue weighted by molar-refractivity contribution is 5.94. The highest BCUT2D eigenvalue weighted by Crippen LogP contribution is 2.10. The number of nitrogens with zero attached hydrogens (tertiary/aromatic N) is 1. The first-order valence-electron chi connectivity index (χ1n) is 8.12. The molecule has 0 saturated heterocycles. The first kappa shape index (κ1) is 19.5. The van der Waals surface area contributed by atoms with Crippen LogP contribution in [-0.4, -0.2) is 38.6 Å². The first-order valence-corrected chi connectivity index (χ1v) is 8.12. The molecule has 6 nitrogen and oxygen atoms in total. The summed E-state index contributed by atoms with van der Waals surface area (Å²) in [5.74, 6) is 1.12. The standard InChI is InChI=1S/C18H28N4O2/c1-14(2)10-13-22-18(19)21-12-5-4-11-20-17(23)15-6-8-16(24-3)9-7-15/h6-10H,4-5,11-13H2,1-3H3,(H,20,23)(H3,19,21,22). The molecule has 0 bridgehead atoms. The minimum absolute atomic E-state index is 0.0755. The molecule has 0 unspecified atom stereocenters. The summed E-state index contributed by atoms with van der Waals surface area (Å²) in [5.41, 5.74) is 7.60. The van der Waals surface area contributed by atoms with Gasteiger partial charge in [-0.05, 0) is 51.0 Å². The molecule has 0 radical (unpaired) electrons. The van der Waals surface area contributed by atoms with Gasteiger partial charge in [-0.3, -0.25) is 4.79 Å². The predicted molar refractivity (Wildman–Crippen MR) is 98.5 cm³/mol. The molecule has 0 spiro atoms. The normalized spacial score (nSPS) is 10.9. The van der Waals surface area contributed by atoms with E-state index in [2.05, 4.69) is 15.6 Å². The molecule has 0 fully saturated rings. The lowest BCUT2D eigenvalue weighted by Gasteiger charge is -2.07. The highest BCUT2D eigenvalue weighted by atomic mass is 16.5. The summed E-state index contributed by atoms with van der Waals surface area (Å²) in [6.45, 7) is 6.02. The molecular formula is C18H28N4O2. The van der Waals surface area contributed by atoms with Crippen molar-refractivity contribution in [3.63, 3.8) is 0 Å². The zero-order valence-electron chi connectivity index (χ0n) is 14.8. The minimum atomic E-state index is -0.0755. The fourth-order valence-electron chi connectivity index (χ4n) is 1.90. The van der Waals surface area contributed by atoms with Crippen LogP contribution in [0.5, 0.6) is 5.75 Å². The third-order valence-electron chi connectivity index (χ3n) is 3.31. The van der Waals surface area contributed by atoms with Gasteiger partial charge in [-0.1, -0.05) is 11.6 Å². The number of guanidine groups is 1. The largest absolute Gasteiger partial charge is 0.497 e. The van der Waals surface area contributed by atoms with Crippen molar-refractivity contribution in [2.75, 3.05) is 26.7 Å². The van der Waals surface area contributed by atoms with E-state index < -0.39 is 0 Å². The second kappa shape index (κ2) is 11.1. The third kappa shape index (κ3) is 8.22. The van der Waals surface area contributed by atoms with Crippen molar-refractivity contribution in [3.8, 4) is 5.75 Å². The second-order valence-corrected chi connectivity index (χ2v) is 5.63. The van der Waals surface area contributed by atoms with E-state index in [-0.39, 0.29) is 5.91 Å².